The van der Waals surface area contributed by atoms with Gasteiger partial charge < -0.3 is 10.2 Å². The zero-order valence-electron chi connectivity index (χ0n) is 18.0. The Balaban J connectivity index is 1.04. The number of hydrogen-bond donors (Lipinski definition) is 1. The Morgan fingerprint density at radius 2 is 1.88 bits per heavy atom. The van der Waals surface area contributed by atoms with Crippen LogP contribution in [-0.2, 0) is 6.54 Å². The molecule has 0 spiro atoms. The van der Waals surface area contributed by atoms with Crippen LogP contribution < -0.4 is 10.2 Å². The van der Waals surface area contributed by atoms with Crippen LogP contribution in [0.5, 0.6) is 0 Å². The number of aromatic nitrogens is 4. The van der Waals surface area contributed by atoms with E-state index in [1.54, 1.807) is 17.5 Å². The summed E-state index contributed by atoms with van der Waals surface area (Å²) in [6.45, 7) is 6.70. The molecule has 0 bridgehead atoms. The van der Waals surface area contributed by atoms with E-state index in [0.29, 0.717) is 0 Å². The summed E-state index contributed by atoms with van der Waals surface area (Å²) in [5, 5.41) is 8.94. The lowest BCUT2D eigenvalue weighted by molar-refractivity contribution is 0.248. The van der Waals surface area contributed by atoms with E-state index in [2.05, 4.69) is 54.4 Å². The zero-order valence-corrected chi connectivity index (χ0v) is 18.8. The van der Waals surface area contributed by atoms with Crippen LogP contribution in [0.2, 0.25) is 0 Å². The minimum absolute atomic E-state index is 0.752. The molecule has 4 aromatic rings. The molecule has 6 rings (SSSR count). The monoisotopic (exact) mass is 445 g/mol. The zero-order chi connectivity index (χ0) is 21.3. The van der Waals surface area contributed by atoms with E-state index in [1.165, 1.54) is 43.7 Å². The molecule has 1 saturated carbocycles. The molecule has 1 aliphatic heterocycles. The normalized spacial score (nSPS) is 17.2. The molecular formula is C24H27N7S. The first-order valence-corrected chi connectivity index (χ1v) is 12.2. The number of nitrogens with one attached hydrogen (secondary N) is 1. The molecule has 4 heterocycles. The Morgan fingerprint density at radius 3 is 2.59 bits per heavy atom. The van der Waals surface area contributed by atoms with Gasteiger partial charge in [0.05, 0.1) is 11.9 Å². The van der Waals surface area contributed by atoms with Crippen LogP contribution in [-0.4, -0.2) is 57.2 Å². The summed E-state index contributed by atoms with van der Waals surface area (Å²) in [5.74, 6) is 0.985. The molecule has 1 aliphatic carbocycles. The minimum Gasteiger partial charge on any atom is -0.369 e. The molecular weight excluding hydrogens is 418 g/mol. The van der Waals surface area contributed by atoms with Gasteiger partial charge in [-0.2, -0.15) is 0 Å². The summed E-state index contributed by atoms with van der Waals surface area (Å²) < 4.78 is 1.83. The Bertz CT molecular complexity index is 1140. The van der Waals surface area contributed by atoms with E-state index >= 15 is 0 Å². The molecule has 1 saturated heterocycles. The van der Waals surface area contributed by atoms with Gasteiger partial charge in [0.1, 0.15) is 0 Å². The van der Waals surface area contributed by atoms with Gasteiger partial charge in [0.25, 0.3) is 0 Å². The SMILES string of the molecule is c1cncc(-c2cn3nc(NCc4ccc(N5CCN(CC6CC6)CC5)cc4)sc3n2)c1. The molecule has 0 amide bonds. The summed E-state index contributed by atoms with van der Waals surface area (Å²) in [6.07, 6.45) is 8.42. The Labute approximate surface area is 191 Å². The summed E-state index contributed by atoms with van der Waals surface area (Å²) in [7, 11) is 0. The number of pyridine rings is 1. The van der Waals surface area contributed by atoms with Crippen LogP contribution in [0.15, 0.2) is 55.0 Å². The van der Waals surface area contributed by atoms with E-state index in [1.807, 2.05) is 29.0 Å². The highest BCUT2D eigenvalue weighted by Gasteiger charge is 2.26. The van der Waals surface area contributed by atoms with Crippen LogP contribution >= 0.6 is 11.3 Å². The molecule has 0 atom stereocenters. The number of anilines is 2. The molecule has 0 unspecified atom stereocenters. The molecule has 2 aliphatic rings. The molecule has 0 radical (unpaired) electrons. The van der Waals surface area contributed by atoms with Gasteiger partial charge in [0.2, 0.25) is 10.1 Å². The third kappa shape index (κ3) is 4.33. The Morgan fingerprint density at radius 1 is 1.03 bits per heavy atom. The van der Waals surface area contributed by atoms with Crippen molar-refractivity contribution in [3.8, 4) is 11.3 Å². The van der Waals surface area contributed by atoms with Crippen molar-refractivity contribution in [3.05, 3.63) is 60.6 Å². The molecule has 164 valence electrons. The molecule has 1 N–H and O–H groups in total. The van der Waals surface area contributed by atoms with Gasteiger partial charge in [0.15, 0.2) is 0 Å². The fourth-order valence-electron chi connectivity index (χ4n) is 4.28. The van der Waals surface area contributed by atoms with Crippen molar-refractivity contribution in [3.63, 3.8) is 0 Å². The number of rotatable bonds is 7. The van der Waals surface area contributed by atoms with Gasteiger partial charge >= 0.3 is 0 Å². The highest BCUT2D eigenvalue weighted by molar-refractivity contribution is 7.20. The first-order valence-electron chi connectivity index (χ1n) is 11.4. The van der Waals surface area contributed by atoms with Crippen molar-refractivity contribution >= 4 is 27.1 Å². The molecule has 8 heteroatoms. The van der Waals surface area contributed by atoms with Crippen LogP contribution in [0, 0.1) is 5.92 Å². The number of imidazole rings is 1. The van der Waals surface area contributed by atoms with Crippen LogP contribution in [0.3, 0.4) is 0 Å². The lowest BCUT2D eigenvalue weighted by atomic mass is 10.1. The standard InChI is InChI=1S/C24H27N7S/c1-2-20(15-25-9-1)22-17-31-24(27-22)32-23(28-31)26-14-18-5-7-21(8-6-18)30-12-10-29(11-13-30)16-19-3-4-19/h1-2,5-9,15,17,19H,3-4,10-14,16H2,(H,26,28). The topological polar surface area (TPSA) is 61.6 Å². The van der Waals surface area contributed by atoms with Crippen molar-refractivity contribution in [1.82, 2.24) is 24.5 Å². The Kier molecular flexibility index (Phi) is 5.24. The van der Waals surface area contributed by atoms with Crippen molar-refractivity contribution in [1.29, 1.82) is 0 Å². The maximum absolute atomic E-state index is 4.68. The maximum atomic E-state index is 4.68. The van der Waals surface area contributed by atoms with E-state index in [0.717, 1.165) is 46.9 Å². The predicted molar refractivity (Wildman–Crippen MR) is 129 cm³/mol. The summed E-state index contributed by atoms with van der Waals surface area (Å²) in [6, 6.07) is 12.9. The highest BCUT2D eigenvalue weighted by atomic mass is 32.1. The van der Waals surface area contributed by atoms with Crippen LogP contribution in [0.25, 0.3) is 16.2 Å². The average molecular weight is 446 g/mol. The number of fused-ring (bicyclic) bond motifs is 1. The van der Waals surface area contributed by atoms with Crippen molar-refractivity contribution in [2.75, 3.05) is 42.9 Å². The lowest BCUT2D eigenvalue weighted by Gasteiger charge is -2.36. The molecule has 32 heavy (non-hydrogen) atoms. The first kappa shape index (κ1) is 19.7. The molecule has 2 fully saturated rings. The lowest BCUT2D eigenvalue weighted by Crippen LogP contribution is -2.47. The number of hydrogen-bond acceptors (Lipinski definition) is 7. The predicted octanol–water partition coefficient (Wildman–Crippen LogP) is 4.00. The number of piperazine rings is 1. The third-order valence-corrected chi connectivity index (χ3v) is 7.21. The first-order chi connectivity index (χ1) is 15.8. The van der Waals surface area contributed by atoms with Gasteiger partial charge in [-0.15, -0.1) is 5.10 Å². The summed E-state index contributed by atoms with van der Waals surface area (Å²) in [4.78, 5) is 14.9. The third-order valence-electron chi connectivity index (χ3n) is 6.33. The second-order valence-corrected chi connectivity index (χ2v) is 9.71. The molecule has 3 aromatic heterocycles. The quantitative estimate of drug-likeness (QED) is 0.464. The van der Waals surface area contributed by atoms with Gasteiger partial charge in [-0.3, -0.25) is 9.88 Å². The van der Waals surface area contributed by atoms with E-state index in [4.69, 9.17) is 0 Å². The number of nitrogens with zero attached hydrogens (tertiary/aromatic N) is 6. The van der Waals surface area contributed by atoms with Crippen LogP contribution in [0.1, 0.15) is 18.4 Å². The second-order valence-electron chi connectivity index (χ2n) is 8.75. The minimum atomic E-state index is 0.752. The molecule has 7 nitrogen and oxygen atoms in total. The number of benzene rings is 1. The van der Waals surface area contributed by atoms with Crippen molar-refractivity contribution < 1.29 is 0 Å². The van der Waals surface area contributed by atoms with Gasteiger partial charge in [0, 0.05) is 62.9 Å². The Hall–Kier alpha value is -2.97. The summed E-state index contributed by atoms with van der Waals surface area (Å²) >= 11 is 1.56. The molecule has 1 aromatic carbocycles. The average Bonchev–Trinajstić information content (AvgIpc) is 3.44. The fourth-order valence-corrected chi connectivity index (χ4v) is 5.06. The van der Waals surface area contributed by atoms with Crippen molar-refractivity contribution in [2.24, 2.45) is 5.92 Å². The second kappa shape index (κ2) is 8.52. The maximum Gasteiger partial charge on any atom is 0.214 e. The van der Waals surface area contributed by atoms with E-state index < -0.39 is 0 Å². The smallest absolute Gasteiger partial charge is 0.214 e. The fraction of sp³-hybridized carbons (Fsp3) is 0.375. The largest absolute Gasteiger partial charge is 0.369 e. The summed E-state index contributed by atoms with van der Waals surface area (Å²) in [5.41, 5.74) is 4.48. The van der Waals surface area contributed by atoms with Gasteiger partial charge in [-0.1, -0.05) is 23.5 Å². The van der Waals surface area contributed by atoms with E-state index in [-0.39, 0.29) is 0 Å². The van der Waals surface area contributed by atoms with Crippen molar-refractivity contribution in [2.45, 2.75) is 19.4 Å². The van der Waals surface area contributed by atoms with Crippen LogP contribution in [0.4, 0.5) is 10.8 Å². The van der Waals surface area contributed by atoms with Gasteiger partial charge in [-0.05, 0) is 48.6 Å². The van der Waals surface area contributed by atoms with E-state index in [9.17, 15) is 0 Å². The van der Waals surface area contributed by atoms with Gasteiger partial charge in [-0.25, -0.2) is 9.50 Å². The highest BCUT2D eigenvalue weighted by Crippen LogP contribution is 2.30.